The van der Waals surface area contributed by atoms with Crippen molar-refractivity contribution in [1.29, 1.82) is 0 Å². The third-order valence-corrected chi connectivity index (χ3v) is 4.77. The quantitative estimate of drug-likeness (QED) is 0.850. The standard InChI is InChI=1S/C18H28O2/c1-4-10-18(2,3)14-8-9-16(17(20)12-14)13-6-5-7-15(19)11-13/h8-9,12-13,15,19-20H,4-7,10-11H2,1-3H3/t13-,15-/m0/s1. The van der Waals surface area contributed by atoms with Crippen molar-refractivity contribution >= 4 is 0 Å². The van der Waals surface area contributed by atoms with Gasteiger partial charge >= 0.3 is 0 Å². The second-order valence-corrected chi connectivity index (χ2v) is 6.92. The summed E-state index contributed by atoms with van der Waals surface area (Å²) in [4.78, 5) is 0. The van der Waals surface area contributed by atoms with Gasteiger partial charge in [0.2, 0.25) is 0 Å². The Balaban J connectivity index is 2.21. The highest BCUT2D eigenvalue weighted by molar-refractivity contribution is 5.41. The fourth-order valence-corrected chi connectivity index (χ4v) is 3.53. The van der Waals surface area contributed by atoms with Crippen molar-refractivity contribution in [3.05, 3.63) is 29.3 Å². The summed E-state index contributed by atoms with van der Waals surface area (Å²) in [6.45, 7) is 6.66. The van der Waals surface area contributed by atoms with Crippen LogP contribution in [0, 0.1) is 0 Å². The summed E-state index contributed by atoms with van der Waals surface area (Å²) in [5.74, 6) is 0.716. The van der Waals surface area contributed by atoms with Gasteiger partial charge in [0.25, 0.3) is 0 Å². The number of phenols is 1. The number of hydrogen-bond acceptors (Lipinski definition) is 2. The third-order valence-electron chi connectivity index (χ3n) is 4.77. The topological polar surface area (TPSA) is 40.5 Å². The summed E-state index contributed by atoms with van der Waals surface area (Å²) in [5.41, 5.74) is 2.33. The lowest BCUT2D eigenvalue weighted by Gasteiger charge is -2.29. The van der Waals surface area contributed by atoms with Gasteiger partial charge in [-0.2, -0.15) is 0 Å². The Hall–Kier alpha value is -1.02. The summed E-state index contributed by atoms with van der Waals surface area (Å²) in [7, 11) is 0. The molecule has 0 heterocycles. The molecule has 0 aromatic heterocycles. The van der Waals surface area contributed by atoms with E-state index in [0.717, 1.165) is 44.1 Å². The number of rotatable bonds is 4. The van der Waals surface area contributed by atoms with Crippen LogP contribution in [0.15, 0.2) is 18.2 Å². The molecule has 2 rings (SSSR count). The molecule has 0 saturated heterocycles. The second kappa shape index (κ2) is 6.17. The van der Waals surface area contributed by atoms with E-state index in [4.69, 9.17) is 0 Å². The Morgan fingerprint density at radius 3 is 2.60 bits per heavy atom. The van der Waals surface area contributed by atoms with Gasteiger partial charge in [-0.05, 0) is 54.2 Å². The summed E-state index contributed by atoms with van der Waals surface area (Å²) in [5, 5.41) is 20.2. The van der Waals surface area contributed by atoms with Crippen LogP contribution in [-0.2, 0) is 5.41 Å². The minimum Gasteiger partial charge on any atom is -0.508 e. The number of aliphatic hydroxyl groups excluding tert-OH is 1. The van der Waals surface area contributed by atoms with Crippen LogP contribution in [0.5, 0.6) is 5.75 Å². The van der Waals surface area contributed by atoms with Crippen molar-refractivity contribution in [2.75, 3.05) is 0 Å². The van der Waals surface area contributed by atoms with E-state index in [9.17, 15) is 10.2 Å². The van der Waals surface area contributed by atoms with E-state index in [1.165, 1.54) is 5.56 Å². The van der Waals surface area contributed by atoms with Crippen LogP contribution in [0.4, 0.5) is 0 Å². The van der Waals surface area contributed by atoms with Crippen LogP contribution in [0.3, 0.4) is 0 Å². The monoisotopic (exact) mass is 276 g/mol. The van der Waals surface area contributed by atoms with Gasteiger partial charge in [-0.1, -0.05) is 45.7 Å². The summed E-state index contributed by atoms with van der Waals surface area (Å²) >= 11 is 0. The van der Waals surface area contributed by atoms with Crippen LogP contribution >= 0.6 is 0 Å². The molecule has 2 nitrogen and oxygen atoms in total. The molecule has 2 heteroatoms. The molecule has 20 heavy (non-hydrogen) atoms. The highest BCUT2D eigenvalue weighted by atomic mass is 16.3. The van der Waals surface area contributed by atoms with E-state index in [1.807, 2.05) is 6.07 Å². The van der Waals surface area contributed by atoms with E-state index in [2.05, 4.69) is 32.9 Å². The van der Waals surface area contributed by atoms with Gasteiger partial charge in [-0.15, -0.1) is 0 Å². The molecule has 2 atom stereocenters. The molecule has 0 bridgehead atoms. The molecule has 0 aliphatic heterocycles. The van der Waals surface area contributed by atoms with Crippen molar-refractivity contribution in [2.24, 2.45) is 0 Å². The lowest BCUT2D eigenvalue weighted by Crippen LogP contribution is -2.19. The molecule has 1 saturated carbocycles. The lowest BCUT2D eigenvalue weighted by atomic mass is 9.78. The first-order valence-corrected chi connectivity index (χ1v) is 7.95. The highest BCUT2D eigenvalue weighted by Gasteiger charge is 2.25. The van der Waals surface area contributed by atoms with Crippen LogP contribution in [0.2, 0.25) is 0 Å². The minimum absolute atomic E-state index is 0.108. The normalized spacial score (nSPS) is 23.8. The van der Waals surface area contributed by atoms with Gasteiger partial charge in [0.15, 0.2) is 0 Å². The Kier molecular flexibility index (Phi) is 4.74. The van der Waals surface area contributed by atoms with Gasteiger partial charge in [-0.3, -0.25) is 0 Å². The zero-order valence-electron chi connectivity index (χ0n) is 13.0. The molecule has 1 aromatic rings. The molecule has 0 unspecified atom stereocenters. The third kappa shape index (κ3) is 3.35. The van der Waals surface area contributed by atoms with Crippen molar-refractivity contribution in [2.45, 2.75) is 76.7 Å². The average Bonchev–Trinajstić information content (AvgIpc) is 2.38. The van der Waals surface area contributed by atoms with Crippen LogP contribution < -0.4 is 0 Å². The van der Waals surface area contributed by atoms with E-state index in [1.54, 1.807) is 0 Å². The predicted octanol–water partition coefficient (Wildman–Crippen LogP) is 4.49. The molecular weight excluding hydrogens is 248 g/mol. The summed E-state index contributed by atoms with van der Waals surface area (Å²) < 4.78 is 0. The molecule has 0 spiro atoms. The zero-order chi connectivity index (χ0) is 14.8. The molecular formula is C18H28O2. The molecule has 1 aliphatic carbocycles. The smallest absolute Gasteiger partial charge is 0.119 e. The van der Waals surface area contributed by atoms with Crippen molar-refractivity contribution < 1.29 is 10.2 Å². The van der Waals surface area contributed by atoms with Gasteiger partial charge in [0, 0.05) is 0 Å². The Morgan fingerprint density at radius 2 is 2.00 bits per heavy atom. The Labute approximate surface area is 122 Å². The first-order valence-electron chi connectivity index (χ1n) is 7.95. The van der Waals surface area contributed by atoms with Gasteiger partial charge < -0.3 is 10.2 Å². The largest absolute Gasteiger partial charge is 0.508 e. The predicted molar refractivity (Wildman–Crippen MR) is 83.3 cm³/mol. The summed E-state index contributed by atoms with van der Waals surface area (Å²) in [6.07, 6.45) is 5.86. The van der Waals surface area contributed by atoms with E-state index in [0.29, 0.717) is 11.7 Å². The van der Waals surface area contributed by atoms with Crippen molar-refractivity contribution in [1.82, 2.24) is 0 Å². The van der Waals surface area contributed by atoms with Gasteiger partial charge in [0.1, 0.15) is 5.75 Å². The number of benzene rings is 1. The first-order chi connectivity index (χ1) is 9.44. The number of aliphatic hydroxyl groups is 1. The average molecular weight is 276 g/mol. The number of hydrogen-bond donors (Lipinski definition) is 2. The SMILES string of the molecule is CCCC(C)(C)c1ccc([C@H]2CCC[C@H](O)C2)c(O)c1. The number of aromatic hydroxyl groups is 1. The lowest BCUT2D eigenvalue weighted by molar-refractivity contribution is 0.119. The second-order valence-electron chi connectivity index (χ2n) is 6.92. The molecule has 0 amide bonds. The van der Waals surface area contributed by atoms with Gasteiger partial charge in [-0.25, -0.2) is 0 Å². The zero-order valence-corrected chi connectivity index (χ0v) is 13.0. The molecule has 1 aliphatic rings. The first kappa shape index (κ1) is 15.4. The molecule has 1 aromatic carbocycles. The number of phenolic OH excluding ortho intramolecular Hbond substituents is 1. The maximum Gasteiger partial charge on any atom is 0.119 e. The van der Waals surface area contributed by atoms with Crippen molar-refractivity contribution in [3.63, 3.8) is 0 Å². The fourth-order valence-electron chi connectivity index (χ4n) is 3.53. The summed E-state index contributed by atoms with van der Waals surface area (Å²) in [6, 6.07) is 6.17. The van der Waals surface area contributed by atoms with Crippen LogP contribution in [0.1, 0.15) is 76.3 Å². The van der Waals surface area contributed by atoms with E-state index < -0.39 is 0 Å². The molecule has 0 radical (unpaired) electrons. The molecule has 112 valence electrons. The van der Waals surface area contributed by atoms with E-state index >= 15 is 0 Å². The highest BCUT2D eigenvalue weighted by Crippen LogP contribution is 2.39. The maximum atomic E-state index is 10.4. The maximum absolute atomic E-state index is 10.4. The van der Waals surface area contributed by atoms with E-state index in [-0.39, 0.29) is 11.5 Å². The Bertz CT molecular complexity index is 451. The molecule has 2 N–H and O–H groups in total. The Morgan fingerprint density at radius 1 is 1.25 bits per heavy atom. The van der Waals surface area contributed by atoms with Crippen LogP contribution in [-0.4, -0.2) is 16.3 Å². The molecule has 1 fully saturated rings. The van der Waals surface area contributed by atoms with Crippen LogP contribution in [0.25, 0.3) is 0 Å². The van der Waals surface area contributed by atoms with Crippen molar-refractivity contribution in [3.8, 4) is 5.75 Å². The minimum atomic E-state index is -0.204. The van der Waals surface area contributed by atoms with Gasteiger partial charge in [0.05, 0.1) is 6.10 Å². The fraction of sp³-hybridized carbons (Fsp3) is 0.667.